The molecule has 132 valence electrons. The van der Waals surface area contributed by atoms with Gasteiger partial charge in [0.2, 0.25) is 11.8 Å². The largest absolute Gasteiger partial charge is 0.344 e. The van der Waals surface area contributed by atoms with Crippen molar-refractivity contribution in [2.45, 2.75) is 5.92 Å². The first-order chi connectivity index (χ1) is 12.4. The van der Waals surface area contributed by atoms with Crippen LogP contribution < -0.4 is 5.32 Å². The van der Waals surface area contributed by atoms with Gasteiger partial charge in [0.1, 0.15) is 5.92 Å². The molecule has 0 radical (unpaired) electrons. The highest BCUT2D eigenvalue weighted by atomic mass is 19.2. The van der Waals surface area contributed by atoms with Crippen LogP contribution in [0.4, 0.5) is 14.5 Å². The number of nitrogens with one attached hydrogen (secondary N) is 1. The fourth-order valence-electron chi connectivity index (χ4n) is 3.11. The molecule has 1 aliphatic heterocycles. The molecule has 2 atom stereocenters. The number of anilines is 1. The van der Waals surface area contributed by atoms with E-state index in [-0.39, 0.29) is 5.69 Å². The third-order valence-electron chi connectivity index (χ3n) is 4.48. The number of amides is 2. The Morgan fingerprint density at radius 1 is 1.23 bits per heavy atom. The number of nitriles is 1. The van der Waals surface area contributed by atoms with Crippen LogP contribution in [0, 0.1) is 28.9 Å². The molecule has 0 aliphatic carbocycles. The SMILES string of the molecule is CN1C[C@H](c2ccc(C#N)cc2)[C@@H](C(=O)Nc2cccc(F)c2F)C1=O. The van der Waals surface area contributed by atoms with Crippen LogP contribution in [0.25, 0.3) is 0 Å². The number of hydrogen-bond acceptors (Lipinski definition) is 3. The molecule has 0 spiro atoms. The second-order valence-corrected chi connectivity index (χ2v) is 6.13. The molecule has 0 bridgehead atoms. The minimum Gasteiger partial charge on any atom is -0.344 e. The normalized spacial score (nSPS) is 19.3. The minimum absolute atomic E-state index is 0.309. The van der Waals surface area contributed by atoms with E-state index in [4.69, 9.17) is 5.26 Å². The molecule has 1 heterocycles. The number of likely N-dealkylation sites (tertiary alicyclic amines) is 1. The van der Waals surface area contributed by atoms with Crippen molar-refractivity contribution >= 4 is 17.5 Å². The Kier molecular flexibility index (Phi) is 4.67. The third kappa shape index (κ3) is 3.14. The van der Waals surface area contributed by atoms with Crippen LogP contribution in [0.1, 0.15) is 17.0 Å². The Hall–Kier alpha value is -3.27. The van der Waals surface area contributed by atoms with E-state index in [2.05, 4.69) is 5.32 Å². The van der Waals surface area contributed by atoms with Crippen molar-refractivity contribution in [3.05, 3.63) is 65.2 Å². The van der Waals surface area contributed by atoms with E-state index in [9.17, 15) is 18.4 Å². The van der Waals surface area contributed by atoms with Gasteiger partial charge in [0, 0.05) is 19.5 Å². The van der Waals surface area contributed by atoms with E-state index in [0.29, 0.717) is 12.1 Å². The van der Waals surface area contributed by atoms with Gasteiger partial charge in [0.25, 0.3) is 0 Å². The highest BCUT2D eigenvalue weighted by molar-refractivity contribution is 6.08. The number of carbonyl (C=O) groups is 2. The van der Waals surface area contributed by atoms with Crippen LogP contribution in [0.5, 0.6) is 0 Å². The van der Waals surface area contributed by atoms with Crippen molar-refractivity contribution < 1.29 is 18.4 Å². The first kappa shape index (κ1) is 17.5. The number of rotatable bonds is 3. The molecule has 1 saturated heterocycles. The molecule has 1 aliphatic rings. The van der Waals surface area contributed by atoms with Gasteiger partial charge in [-0.05, 0) is 29.8 Å². The van der Waals surface area contributed by atoms with Gasteiger partial charge in [-0.1, -0.05) is 18.2 Å². The summed E-state index contributed by atoms with van der Waals surface area (Å²) in [6.07, 6.45) is 0. The predicted octanol–water partition coefficient (Wildman–Crippen LogP) is 2.65. The highest BCUT2D eigenvalue weighted by Gasteiger charge is 2.44. The van der Waals surface area contributed by atoms with Crippen molar-refractivity contribution in [2.24, 2.45) is 5.92 Å². The van der Waals surface area contributed by atoms with E-state index in [1.54, 1.807) is 31.3 Å². The molecule has 2 aromatic carbocycles. The van der Waals surface area contributed by atoms with Gasteiger partial charge in [-0.15, -0.1) is 0 Å². The maximum absolute atomic E-state index is 13.8. The zero-order chi connectivity index (χ0) is 18.8. The lowest BCUT2D eigenvalue weighted by Crippen LogP contribution is -2.33. The van der Waals surface area contributed by atoms with Gasteiger partial charge in [-0.3, -0.25) is 9.59 Å². The molecule has 1 N–H and O–H groups in total. The second kappa shape index (κ2) is 6.92. The summed E-state index contributed by atoms with van der Waals surface area (Å²) in [5.74, 6) is -4.85. The van der Waals surface area contributed by atoms with E-state index in [1.807, 2.05) is 6.07 Å². The van der Waals surface area contributed by atoms with Gasteiger partial charge in [-0.2, -0.15) is 5.26 Å². The Labute approximate surface area is 148 Å². The van der Waals surface area contributed by atoms with E-state index in [1.165, 1.54) is 17.0 Å². The number of likely N-dealkylation sites (N-methyl/N-ethyl adjacent to an activating group) is 1. The summed E-state index contributed by atoms with van der Waals surface area (Å²) in [5.41, 5.74) is 0.881. The highest BCUT2D eigenvalue weighted by Crippen LogP contribution is 2.34. The molecule has 0 saturated carbocycles. The summed E-state index contributed by atoms with van der Waals surface area (Å²) in [4.78, 5) is 26.5. The molecule has 26 heavy (non-hydrogen) atoms. The molecule has 2 amide bonds. The standard InChI is InChI=1S/C19H15F2N3O2/c1-24-10-13(12-7-5-11(9-22)6-8-12)16(19(24)26)18(25)23-15-4-2-3-14(20)17(15)21/h2-8,13,16H,10H2,1H3,(H,23,25)/t13-,16+/m1/s1. The van der Waals surface area contributed by atoms with Crippen LogP contribution in [0.3, 0.4) is 0 Å². The lowest BCUT2D eigenvalue weighted by atomic mass is 9.87. The molecule has 0 aromatic heterocycles. The first-order valence-corrected chi connectivity index (χ1v) is 7.92. The number of benzene rings is 2. The maximum Gasteiger partial charge on any atom is 0.237 e. The molecule has 0 unspecified atom stereocenters. The van der Waals surface area contributed by atoms with Crippen LogP contribution in [0.2, 0.25) is 0 Å². The Bertz CT molecular complexity index is 906. The molecular weight excluding hydrogens is 340 g/mol. The van der Waals surface area contributed by atoms with Crippen LogP contribution >= 0.6 is 0 Å². The quantitative estimate of drug-likeness (QED) is 0.861. The third-order valence-corrected chi connectivity index (χ3v) is 4.48. The summed E-state index contributed by atoms with van der Waals surface area (Å²) in [5, 5.41) is 11.2. The zero-order valence-electron chi connectivity index (χ0n) is 13.9. The summed E-state index contributed by atoms with van der Waals surface area (Å²) in [6.45, 7) is 0.314. The van der Waals surface area contributed by atoms with Gasteiger partial charge in [-0.25, -0.2) is 8.78 Å². The molecule has 5 nitrogen and oxygen atoms in total. The average molecular weight is 355 g/mol. The lowest BCUT2D eigenvalue weighted by Gasteiger charge is -2.17. The molecule has 1 fully saturated rings. The van der Waals surface area contributed by atoms with Gasteiger partial charge >= 0.3 is 0 Å². The van der Waals surface area contributed by atoms with Crippen molar-refractivity contribution in [1.82, 2.24) is 4.90 Å². The predicted molar refractivity (Wildman–Crippen MR) is 90.0 cm³/mol. The summed E-state index contributed by atoms with van der Waals surface area (Å²) < 4.78 is 27.1. The Morgan fingerprint density at radius 2 is 1.92 bits per heavy atom. The van der Waals surface area contributed by atoms with Crippen molar-refractivity contribution in [2.75, 3.05) is 18.9 Å². The van der Waals surface area contributed by atoms with Gasteiger partial charge < -0.3 is 10.2 Å². The van der Waals surface area contributed by atoms with Crippen LogP contribution in [-0.2, 0) is 9.59 Å². The number of nitrogens with zero attached hydrogens (tertiary/aromatic N) is 2. The van der Waals surface area contributed by atoms with Crippen LogP contribution in [-0.4, -0.2) is 30.3 Å². The second-order valence-electron chi connectivity index (χ2n) is 6.13. The average Bonchev–Trinajstić information content (AvgIpc) is 2.94. The number of hydrogen-bond donors (Lipinski definition) is 1. The minimum atomic E-state index is -1.17. The molecule has 3 rings (SSSR count). The fraction of sp³-hybridized carbons (Fsp3) is 0.211. The summed E-state index contributed by atoms with van der Waals surface area (Å²) in [7, 11) is 1.58. The fourth-order valence-corrected chi connectivity index (χ4v) is 3.11. The zero-order valence-corrected chi connectivity index (χ0v) is 13.9. The van der Waals surface area contributed by atoms with Crippen molar-refractivity contribution in [3.63, 3.8) is 0 Å². The van der Waals surface area contributed by atoms with E-state index >= 15 is 0 Å². The van der Waals surface area contributed by atoms with Crippen molar-refractivity contribution in [1.29, 1.82) is 5.26 Å². The first-order valence-electron chi connectivity index (χ1n) is 7.92. The number of carbonyl (C=O) groups excluding carboxylic acids is 2. The maximum atomic E-state index is 13.8. The summed E-state index contributed by atoms with van der Waals surface area (Å²) >= 11 is 0. The molecular formula is C19H15F2N3O2. The van der Waals surface area contributed by atoms with Crippen LogP contribution in [0.15, 0.2) is 42.5 Å². The molecule has 2 aromatic rings. The Morgan fingerprint density at radius 3 is 2.58 bits per heavy atom. The monoisotopic (exact) mass is 355 g/mol. The smallest absolute Gasteiger partial charge is 0.237 e. The van der Waals surface area contributed by atoms with E-state index < -0.39 is 35.3 Å². The summed E-state index contributed by atoms with van der Waals surface area (Å²) in [6, 6.07) is 12.1. The van der Waals surface area contributed by atoms with E-state index in [0.717, 1.165) is 11.6 Å². The van der Waals surface area contributed by atoms with Crippen molar-refractivity contribution in [3.8, 4) is 6.07 Å². The van der Waals surface area contributed by atoms with Gasteiger partial charge in [0.15, 0.2) is 11.6 Å². The number of halogens is 2. The lowest BCUT2D eigenvalue weighted by molar-refractivity contribution is -0.135. The van der Waals surface area contributed by atoms with Gasteiger partial charge in [0.05, 0.1) is 17.3 Å². The topological polar surface area (TPSA) is 73.2 Å². The Balaban J connectivity index is 1.89. The molecule has 7 heteroatoms.